The molecular formula is C11H10FNO2. The molecule has 3 nitrogen and oxygen atoms in total. The fourth-order valence-electron chi connectivity index (χ4n) is 1.30. The second-order valence-corrected chi connectivity index (χ2v) is 2.92. The van der Waals surface area contributed by atoms with Gasteiger partial charge in [-0.25, -0.2) is 9.18 Å². The minimum atomic E-state index is -0.802. The number of rotatable bonds is 2. The standard InChI is InChI=1S/C11H10FNO2/c1-3-7-4-5-8(11(14)15-2)10(12)9(7)6-13/h4-5H,3H2,1-2H3. The summed E-state index contributed by atoms with van der Waals surface area (Å²) in [5.41, 5.74) is 0.300. The zero-order valence-electron chi connectivity index (χ0n) is 8.50. The first kappa shape index (κ1) is 11.2. The lowest BCUT2D eigenvalue weighted by molar-refractivity contribution is 0.0595. The number of hydrogen-bond donors (Lipinski definition) is 0. The highest BCUT2D eigenvalue weighted by Gasteiger charge is 2.17. The molecule has 0 aliphatic rings. The van der Waals surface area contributed by atoms with Crippen LogP contribution in [0.1, 0.15) is 28.4 Å². The zero-order chi connectivity index (χ0) is 11.4. The number of ether oxygens (including phenoxy) is 1. The van der Waals surface area contributed by atoms with Gasteiger partial charge in [-0.05, 0) is 18.1 Å². The van der Waals surface area contributed by atoms with Crippen LogP contribution in [-0.4, -0.2) is 13.1 Å². The van der Waals surface area contributed by atoms with Crippen LogP contribution in [-0.2, 0) is 11.2 Å². The van der Waals surface area contributed by atoms with Crippen molar-refractivity contribution in [3.05, 3.63) is 34.6 Å². The van der Waals surface area contributed by atoms with Crippen LogP contribution in [0.4, 0.5) is 4.39 Å². The third-order valence-electron chi connectivity index (χ3n) is 2.13. The van der Waals surface area contributed by atoms with E-state index in [9.17, 15) is 9.18 Å². The Hall–Kier alpha value is -1.89. The molecule has 1 aromatic carbocycles. The summed E-state index contributed by atoms with van der Waals surface area (Å²) >= 11 is 0. The normalized spacial score (nSPS) is 9.47. The summed E-state index contributed by atoms with van der Waals surface area (Å²) in [7, 11) is 1.17. The zero-order valence-corrected chi connectivity index (χ0v) is 8.50. The summed E-state index contributed by atoms with van der Waals surface area (Å²) in [5, 5.41) is 8.77. The maximum Gasteiger partial charge on any atom is 0.340 e. The van der Waals surface area contributed by atoms with Crippen molar-refractivity contribution in [3.8, 4) is 6.07 Å². The van der Waals surface area contributed by atoms with Crippen LogP contribution < -0.4 is 0 Å². The predicted octanol–water partition coefficient (Wildman–Crippen LogP) is 2.05. The summed E-state index contributed by atoms with van der Waals surface area (Å²) in [6.45, 7) is 1.81. The number of methoxy groups -OCH3 is 1. The van der Waals surface area contributed by atoms with Gasteiger partial charge in [0.05, 0.1) is 18.2 Å². The van der Waals surface area contributed by atoms with Gasteiger partial charge in [0.15, 0.2) is 5.82 Å². The maximum atomic E-state index is 13.6. The van der Waals surface area contributed by atoms with Gasteiger partial charge >= 0.3 is 5.97 Å². The molecule has 0 fully saturated rings. The quantitative estimate of drug-likeness (QED) is 0.697. The molecule has 78 valence electrons. The third kappa shape index (κ3) is 1.96. The predicted molar refractivity (Wildman–Crippen MR) is 51.8 cm³/mol. The Morgan fingerprint density at radius 2 is 2.27 bits per heavy atom. The molecule has 0 heterocycles. The van der Waals surface area contributed by atoms with Crippen LogP contribution in [0.5, 0.6) is 0 Å². The van der Waals surface area contributed by atoms with Crippen molar-refractivity contribution in [2.75, 3.05) is 7.11 Å². The van der Waals surface area contributed by atoms with E-state index >= 15 is 0 Å². The van der Waals surface area contributed by atoms with E-state index in [1.165, 1.54) is 13.2 Å². The molecule has 15 heavy (non-hydrogen) atoms. The molecule has 0 amide bonds. The molecule has 0 saturated carbocycles. The van der Waals surface area contributed by atoms with E-state index < -0.39 is 11.8 Å². The smallest absolute Gasteiger partial charge is 0.340 e. The van der Waals surface area contributed by atoms with Gasteiger partial charge in [0.1, 0.15) is 6.07 Å². The van der Waals surface area contributed by atoms with Gasteiger partial charge in [-0.15, -0.1) is 0 Å². The number of nitriles is 1. The Kier molecular flexibility index (Phi) is 3.40. The first-order valence-corrected chi connectivity index (χ1v) is 4.45. The molecule has 0 atom stereocenters. The first-order valence-electron chi connectivity index (χ1n) is 4.45. The van der Waals surface area contributed by atoms with Gasteiger partial charge in [0.2, 0.25) is 0 Å². The van der Waals surface area contributed by atoms with Gasteiger partial charge < -0.3 is 4.74 Å². The van der Waals surface area contributed by atoms with Crippen molar-refractivity contribution in [3.63, 3.8) is 0 Å². The van der Waals surface area contributed by atoms with Crippen LogP contribution in [0.2, 0.25) is 0 Å². The van der Waals surface area contributed by atoms with Gasteiger partial charge in [-0.1, -0.05) is 13.0 Å². The monoisotopic (exact) mass is 207 g/mol. The molecule has 1 rings (SSSR count). The molecule has 4 heteroatoms. The number of hydrogen-bond acceptors (Lipinski definition) is 3. The molecule has 0 aliphatic carbocycles. The maximum absolute atomic E-state index is 13.6. The second-order valence-electron chi connectivity index (χ2n) is 2.92. The van der Waals surface area contributed by atoms with Gasteiger partial charge in [-0.2, -0.15) is 5.26 Å². The Morgan fingerprint density at radius 3 is 2.73 bits per heavy atom. The molecule has 0 aliphatic heterocycles. The number of carbonyl (C=O) groups is 1. The molecule has 1 aromatic rings. The molecule has 0 N–H and O–H groups in total. The summed E-state index contributed by atoms with van der Waals surface area (Å²) in [6.07, 6.45) is 0.543. The third-order valence-corrected chi connectivity index (χ3v) is 2.13. The van der Waals surface area contributed by atoms with Crippen molar-refractivity contribution < 1.29 is 13.9 Å². The fraction of sp³-hybridized carbons (Fsp3) is 0.273. The van der Waals surface area contributed by atoms with E-state index in [4.69, 9.17) is 5.26 Å². The van der Waals surface area contributed by atoms with Crippen molar-refractivity contribution in [1.29, 1.82) is 5.26 Å². The van der Waals surface area contributed by atoms with Crippen molar-refractivity contribution in [1.82, 2.24) is 0 Å². The van der Waals surface area contributed by atoms with Crippen LogP contribution in [0, 0.1) is 17.1 Å². The van der Waals surface area contributed by atoms with Gasteiger partial charge in [0.25, 0.3) is 0 Å². The summed E-state index contributed by atoms with van der Waals surface area (Å²) in [4.78, 5) is 11.1. The number of carbonyl (C=O) groups excluding carboxylic acids is 1. The van der Waals surface area contributed by atoms with E-state index in [1.54, 1.807) is 12.1 Å². The topological polar surface area (TPSA) is 50.1 Å². The molecular weight excluding hydrogens is 197 g/mol. The van der Waals surface area contributed by atoms with Crippen LogP contribution in [0.25, 0.3) is 0 Å². The van der Waals surface area contributed by atoms with Gasteiger partial charge in [0, 0.05) is 0 Å². The number of halogens is 1. The SMILES string of the molecule is CCc1ccc(C(=O)OC)c(F)c1C#N. The van der Waals surface area contributed by atoms with E-state index in [2.05, 4.69) is 4.74 Å². The summed E-state index contributed by atoms with van der Waals surface area (Å²) < 4.78 is 18.0. The summed E-state index contributed by atoms with van der Waals surface area (Å²) in [5.74, 6) is -1.57. The number of nitrogens with zero attached hydrogens (tertiary/aromatic N) is 1. The molecule has 0 aromatic heterocycles. The minimum absolute atomic E-state index is 0.0830. The highest BCUT2D eigenvalue weighted by atomic mass is 19.1. The molecule has 0 radical (unpaired) electrons. The highest BCUT2D eigenvalue weighted by Crippen LogP contribution is 2.18. The number of benzene rings is 1. The van der Waals surface area contributed by atoms with Crippen molar-refractivity contribution in [2.24, 2.45) is 0 Å². The fourth-order valence-corrected chi connectivity index (χ4v) is 1.30. The number of esters is 1. The van der Waals surface area contributed by atoms with Crippen LogP contribution >= 0.6 is 0 Å². The Morgan fingerprint density at radius 1 is 1.60 bits per heavy atom. The molecule has 0 bridgehead atoms. The molecule has 0 saturated heterocycles. The van der Waals surface area contributed by atoms with E-state index in [-0.39, 0.29) is 11.1 Å². The Labute approximate surface area is 87.1 Å². The van der Waals surface area contributed by atoms with Crippen molar-refractivity contribution >= 4 is 5.97 Å². The minimum Gasteiger partial charge on any atom is -0.465 e. The molecule has 0 unspecified atom stereocenters. The van der Waals surface area contributed by atoms with Crippen LogP contribution in [0.15, 0.2) is 12.1 Å². The largest absolute Gasteiger partial charge is 0.465 e. The lowest BCUT2D eigenvalue weighted by atomic mass is 10.0. The van der Waals surface area contributed by atoms with E-state index in [0.717, 1.165) is 0 Å². The van der Waals surface area contributed by atoms with Crippen LogP contribution in [0.3, 0.4) is 0 Å². The van der Waals surface area contributed by atoms with E-state index in [1.807, 2.05) is 6.92 Å². The Bertz CT molecular complexity index is 435. The lowest BCUT2D eigenvalue weighted by Crippen LogP contribution is -2.07. The first-order chi connectivity index (χ1) is 7.15. The highest BCUT2D eigenvalue weighted by molar-refractivity contribution is 5.90. The number of aryl methyl sites for hydroxylation is 1. The lowest BCUT2D eigenvalue weighted by Gasteiger charge is -2.05. The molecule has 0 spiro atoms. The van der Waals surface area contributed by atoms with E-state index in [0.29, 0.717) is 12.0 Å². The summed E-state index contributed by atoms with van der Waals surface area (Å²) in [6, 6.07) is 4.65. The average Bonchev–Trinajstić information content (AvgIpc) is 2.27. The van der Waals surface area contributed by atoms with Gasteiger partial charge in [-0.3, -0.25) is 0 Å². The van der Waals surface area contributed by atoms with Crippen molar-refractivity contribution in [2.45, 2.75) is 13.3 Å². The Balaban J connectivity index is 3.37. The second kappa shape index (κ2) is 4.56. The average molecular weight is 207 g/mol.